The van der Waals surface area contributed by atoms with E-state index in [1.54, 1.807) is 14.1 Å². The van der Waals surface area contributed by atoms with Crippen LogP contribution in [0.3, 0.4) is 0 Å². The van der Waals surface area contributed by atoms with E-state index in [-0.39, 0.29) is 22.1 Å². The average molecular weight is 665 g/mol. The Morgan fingerprint density at radius 2 is 0.800 bits per heavy atom. The van der Waals surface area contributed by atoms with Gasteiger partial charge in [-0.3, -0.25) is 27.9 Å². The van der Waals surface area contributed by atoms with Crippen LogP contribution in [-0.4, -0.2) is 47.8 Å². The van der Waals surface area contributed by atoms with Gasteiger partial charge < -0.3 is 9.13 Å². The summed E-state index contributed by atoms with van der Waals surface area (Å²) in [5, 5.41) is 21.3. The smallest absolute Gasteiger partial charge is 0.317 e. The molecule has 0 aliphatic rings. The Balaban J connectivity index is 1.57. The largest absolute Gasteiger partial charge is 0.332 e. The minimum atomic E-state index is -0.504. The third-order valence-electron chi connectivity index (χ3n) is 9.80. The molecule has 246 valence electrons. The van der Waals surface area contributed by atoms with Gasteiger partial charge in [-0.15, -0.1) is 20.4 Å². The number of nitrogens with zero attached hydrogens (tertiary/aromatic N) is 10. The van der Waals surface area contributed by atoms with Crippen molar-refractivity contribution in [1.82, 2.24) is 47.8 Å². The normalized spacial score (nSPS) is 12.1. The predicted molar refractivity (Wildman–Crippen MR) is 191 cm³/mol. The number of hydrogen-bond acceptors (Lipinski definition) is 8. The third kappa shape index (κ3) is 3.83. The number of fused-ring (bicyclic) bond motifs is 11. The number of rotatable bonds is 4. The minimum Gasteiger partial charge on any atom is -0.317 e. The molecule has 3 aromatic carbocycles. The maximum atomic E-state index is 13.9. The van der Waals surface area contributed by atoms with Crippen molar-refractivity contribution in [3.63, 3.8) is 0 Å². The number of benzene rings is 3. The summed E-state index contributed by atoms with van der Waals surface area (Å²) >= 11 is 0. The number of aromatic nitrogens is 10. The summed E-state index contributed by atoms with van der Waals surface area (Å²) in [6.07, 6.45) is 0. The van der Waals surface area contributed by atoms with Crippen LogP contribution in [0.1, 0.15) is 11.1 Å². The van der Waals surface area contributed by atoms with Crippen molar-refractivity contribution in [2.24, 2.45) is 28.2 Å². The van der Waals surface area contributed by atoms with Gasteiger partial charge in [0.1, 0.15) is 0 Å². The first-order chi connectivity index (χ1) is 24.2. The number of hydrogen-bond donors (Lipinski definition) is 0. The van der Waals surface area contributed by atoms with Crippen LogP contribution < -0.4 is 22.5 Å². The van der Waals surface area contributed by atoms with Crippen molar-refractivity contribution in [3.8, 4) is 0 Å². The van der Waals surface area contributed by atoms with Crippen LogP contribution in [0, 0.1) is 0 Å². The fourth-order valence-corrected chi connectivity index (χ4v) is 7.32. The Bertz CT molecular complexity index is 2950. The molecule has 0 saturated heterocycles. The fourth-order valence-electron chi connectivity index (χ4n) is 7.32. The van der Waals surface area contributed by atoms with Crippen molar-refractivity contribution < 1.29 is 0 Å². The first-order valence-corrected chi connectivity index (χ1v) is 15.9. The second-order valence-electron chi connectivity index (χ2n) is 12.6. The Hall–Kier alpha value is -6.70. The maximum Gasteiger partial charge on any atom is 0.332 e. The Morgan fingerprint density at radius 1 is 0.440 bits per heavy atom. The van der Waals surface area contributed by atoms with Gasteiger partial charge in [0.25, 0.3) is 11.1 Å². The van der Waals surface area contributed by atoms with E-state index in [0.29, 0.717) is 45.9 Å². The minimum absolute atomic E-state index is 0.176. The molecule has 9 aromatic rings. The monoisotopic (exact) mass is 664 g/mol. The quantitative estimate of drug-likeness (QED) is 0.279. The average Bonchev–Trinajstić information content (AvgIpc) is 3.63. The lowest BCUT2D eigenvalue weighted by atomic mass is 10.1. The van der Waals surface area contributed by atoms with Crippen LogP contribution in [0.2, 0.25) is 0 Å². The zero-order valence-electron chi connectivity index (χ0n) is 27.4. The van der Waals surface area contributed by atoms with E-state index in [1.165, 1.54) is 23.2 Å². The van der Waals surface area contributed by atoms with E-state index in [1.807, 2.05) is 81.9 Å². The summed E-state index contributed by atoms with van der Waals surface area (Å²) in [6, 6.07) is 23.6. The molecule has 14 nitrogen and oxygen atoms in total. The molecule has 14 heteroatoms. The van der Waals surface area contributed by atoms with Gasteiger partial charge >= 0.3 is 11.4 Å². The van der Waals surface area contributed by atoms with E-state index in [2.05, 4.69) is 20.4 Å². The van der Waals surface area contributed by atoms with E-state index in [4.69, 9.17) is 0 Å². The molecule has 0 N–H and O–H groups in total. The summed E-state index contributed by atoms with van der Waals surface area (Å²) in [6.45, 7) is 0.754. The van der Waals surface area contributed by atoms with Crippen molar-refractivity contribution >= 4 is 65.9 Å². The summed E-state index contributed by atoms with van der Waals surface area (Å²) in [7, 11) is 6.04. The predicted octanol–water partition coefficient (Wildman–Crippen LogP) is 2.68. The summed E-state index contributed by atoms with van der Waals surface area (Å²) in [5.74, 6) is 0. The van der Waals surface area contributed by atoms with Crippen LogP contribution in [0.5, 0.6) is 0 Å². The molecule has 0 amide bonds. The molecule has 0 atom stereocenters. The lowest BCUT2D eigenvalue weighted by Crippen LogP contribution is -2.37. The Labute approximate surface area is 280 Å². The van der Waals surface area contributed by atoms with Gasteiger partial charge in [-0.05, 0) is 11.1 Å². The zero-order valence-corrected chi connectivity index (χ0v) is 27.4. The highest BCUT2D eigenvalue weighted by Gasteiger charge is 2.27. The second-order valence-corrected chi connectivity index (χ2v) is 12.6. The van der Waals surface area contributed by atoms with Gasteiger partial charge in [0.15, 0.2) is 22.6 Å². The van der Waals surface area contributed by atoms with Gasteiger partial charge in [-0.1, -0.05) is 72.8 Å². The first-order valence-electron chi connectivity index (χ1n) is 15.9. The van der Waals surface area contributed by atoms with Crippen molar-refractivity contribution in [2.45, 2.75) is 13.1 Å². The molecular weight excluding hydrogens is 636 g/mol. The highest BCUT2D eigenvalue weighted by molar-refractivity contribution is 6.28. The molecule has 0 fully saturated rings. The summed E-state index contributed by atoms with van der Waals surface area (Å²) < 4.78 is 8.88. The van der Waals surface area contributed by atoms with E-state index >= 15 is 0 Å². The molecule has 0 saturated carbocycles. The van der Waals surface area contributed by atoms with Gasteiger partial charge in [-0.2, -0.15) is 0 Å². The molecule has 0 bridgehead atoms. The van der Waals surface area contributed by atoms with Crippen LogP contribution >= 0.6 is 0 Å². The molecule has 9 rings (SSSR count). The van der Waals surface area contributed by atoms with E-state index in [0.717, 1.165) is 31.3 Å². The van der Waals surface area contributed by atoms with Crippen LogP contribution in [0.15, 0.2) is 92.0 Å². The fraction of sp³-hybridized carbons (Fsp3) is 0.167. The van der Waals surface area contributed by atoms with Crippen LogP contribution in [0.25, 0.3) is 65.9 Å². The highest BCUT2D eigenvalue weighted by Crippen LogP contribution is 2.41. The topological polar surface area (TPSA) is 149 Å². The molecule has 6 heterocycles. The Kier molecular flexibility index (Phi) is 6.12. The van der Waals surface area contributed by atoms with Crippen molar-refractivity contribution in [1.29, 1.82) is 0 Å². The van der Waals surface area contributed by atoms with Crippen molar-refractivity contribution in [2.75, 3.05) is 0 Å². The van der Waals surface area contributed by atoms with Gasteiger partial charge in [0.2, 0.25) is 0 Å². The molecule has 0 unspecified atom stereocenters. The van der Waals surface area contributed by atoms with E-state index < -0.39 is 22.5 Å². The SMILES string of the molecule is Cn1c(=O)c2c3c4ccc5c6c7c(=O)n(C)c(=O)n(C)c7nnc6n(Cc6ccccc6)c5c4n(Cc4ccccc4)c3nnc2n(C)c1=O. The van der Waals surface area contributed by atoms with Crippen LogP contribution in [-0.2, 0) is 41.3 Å². The highest BCUT2D eigenvalue weighted by atomic mass is 16.2. The summed E-state index contributed by atoms with van der Waals surface area (Å²) in [5.41, 5.74) is 2.76. The molecule has 0 radical (unpaired) electrons. The van der Waals surface area contributed by atoms with Gasteiger partial charge in [0, 0.05) is 62.8 Å². The molecule has 6 aromatic heterocycles. The molecule has 0 aliphatic carbocycles. The molecule has 50 heavy (non-hydrogen) atoms. The van der Waals surface area contributed by atoms with Crippen LogP contribution in [0.4, 0.5) is 0 Å². The second kappa shape index (κ2) is 10.4. The third-order valence-corrected chi connectivity index (χ3v) is 9.80. The lowest BCUT2D eigenvalue weighted by molar-refractivity contribution is 0.703. The molecule has 0 spiro atoms. The molecule has 0 aliphatic heterocycles. The zero-order chi connectivity index (χ0) is 34.6. The van der Waals surface area contributed by atoms with Gasteiger partial charge in [0.05, 0.1) is 21.8 Å². The number of aryl methyl sites for hydroxylation is 2. The first kappa shape index (κ1) is 29.4. The maximum absolute atomic E-state index is 13.9. The lowest BCUT2D eigenvalue weighted by Gasteiger charge is -2.11. The van der Waals surface area contributed by atoms with Gasteiger partial charge in [-0.25, -0.2) is 9.59 Å². The van der Waals surface area contributed by atoms with E-state index in [9.17, 15) is 19.2 Å². The summed E-state index contributed by atoms with van der Waals surface area (Å²) in [4.78, 5) is 53.7. The molecular formula is C36H28N10O4. The van der Waals surface area contributed by atoms with Crippen molar-refractivity contribution in [3.05, 3.63) is 126 Å². The Morgan fingerprint density at radius 3 is 1.18 bits per heavy atom. The standard InChI is InChI=1S/C36H28N10O4/c1-41-29-25(33(47)43(3)35(41)49)23-21-15-16-22-24-26-30(42(2)36(50)44(4)34(26)48)38-40-32(24)46(18-20-13-9-6-10-14-20)28(22)27(21)45(31(23)39-37-29)17-19-11-7-5-8-12-19/h5-16H,17-18H2,1-4H3.